The average Bonchev–Trinajstić information content (AvgIpc) is 3.34. The van der Waals surface area contributed by atoms with Crippen molar-refractivity contribution >= 4 is 11.8 Å². The smallest absolute Gasteiger partial charge is 0.199 e. The molecule has 4 nitrogen and oxygen atoms in total. The van der Waals surface area contributed by atoms with Gasteiger partial charge in [0.2, 0.25) is 0 Å². The largest absolute Gasteiger partial charge is 0.478 e. The van der Waals surface area contributed by atoms with E-state index < -0.39 is 5.41 Å². The highest BCUT2D eigenvalue weighted by Gasteiger charge is 2.41. The van der Waals surface area contributed by atoms with Crippen LogP contribution in [0.4, 0.5) is 0 Å². The molecule has 2 heterocycles. The van der Waals surface area contributed by atoms with E-state index in [1.54, 1.807) is 0 Å². The van der Waals surface area contributed by atoms with Crippen molar-refractivity contribution in [2.75, 3.05) is 13.2 Å². The summed E-state index contributed by atoms with van der Waals surface area (Å²) < 4.78 is 11.9. The third kappa shape index (κ3) is 4.05. The first-order valence-electron chi connectivity index (χ1n) is 9.61. The van der Waals surface area contributed by atoms with Crippen LogP contribution in [-0.4, -0.2) is 37.1 Å². The van der Waals surface area contributed by atoms with E-state index in [9.17, 15) is 0 Å². The SMILES string of the molecule is CC(C)(C1=NC(Cc2ccccc2)CO1)C1=N[C@H](Cc2ccccc2)CO1. The number of hydrogen-bond acceptors (Lipinski definition) is 4. The highest BCUT2D eigenvalue weighted by Crippen LogP contribution is 2.30. The molecule has 1 unspecified atom stereocenters. The maximum Gasteiger partial charge on any atom is 0.199 e. The normalized spacial score (nSPS) is 22.0. The molecule has 2 aromatic rings. The Morgan fingerprint density at radius 1 is 0.741 bits per heavy atom. The zero-order valence-electron chi connectivity index (χ0n) is 16.0. The van der Waals surface area contributed by atoms with Gasteiger partial charge in [-0.15, -0.1) is 0 Å². The summed E-state index contributed by atoms with van der Waals surface area (Å²) in [6.45, 7) is 5.41. The zero-order chi connectivity index (χ0) is 18.7. The lowest BCUT2D eigenvalue weighted by Gasteiger charge is -2.22. The van der Waals surface area contributed by atoms with Gasteiger partial charge in [-0.2, -0.15) is 0 Å². The van der Waals surface area contributed by atoms with E-state index in [4.69, 9.17) is 19.5 Å². The van der Waals surface area contributed by atoms with Crippen LogP contribution in [0.25, 0.3) is 0 Å². The lowest BCUT2D eigenvalue weighted by Crippen LogP contribution is -2.34. The molecule has 4 rings (SSSR count). The third-order valence-corrected chi connectivity index (χ3v) is 5.12. The minimum Gasteiger partial charge on any atom is -0.478 e. The molecule has 2 aromatic carbocycles. The van der Waals surface area contributed by atoms with Gasteiger partial charge in [0.15, 0.2) is 11.8 Å². The molecule has 0 radical (unpaired) electrons. The molecular weight excluding hydrogens is 336 g/mol. The molecular formula is C23H26N2O2. The number of ether oxygens (including phenoxy) is 2. The van der Waals surface area contributed by atoms with Crippen molar-refractivity contribution in [2.24, 2.45) is 15.4 Å². The van der Waals surface area contributed by atoms with Crippen LogP contribution in [-0.2, 0) is 22.3 Å². The van der Waals surface area contributed by atoms with E-state index in [2.05, 4.69) is 62.4 Å². The van der Waals surface area contributed by atoms with Gasteiger partial charge in [0.05, 0.1) is 12.1 Å². The van der Waals surface area contributed by atoms with Crippen LogP contribution in [0.1, 0.15) is 25.0 Å². The lowest BCUT2D eigenvalue weighted by atomic mass is 9.93. The standard InChI is InChI=1S/C23H26N2O2/c1-23(2,21-24-19(15-26-21)13-17-9-5-3-6-10-17)22-25-20(16-27-22)14-18-11-7-4-8-12-18/h3-12,19-20H,13-16H2,1-2H3/t19-,20?/m1/s1. The van der Waals surface area contributed by atoms with Crippen LogP contribution in [0.2, 0.25) is 0 Å². The van der Waals surface area contributed by atoms with Crippen molar-refractivity contribution in [3.05, 3.63) is 71.8 Å². The van der Waals surface area contributed by atoms with Gasteiger partial charge in [0.25, 0.3) is 0 Å². The fourth-order valence-corrected chi connectivity index (χ4v) is 3.59. The molecule has 27 heavy (non-hydrogen) atoms. The number of nitrogens with zero attached hydrogens (tertiary/aromatic N) is 2. The molecule has 2 aliphatic heterocycles. The predicted molar refractivity (Wildman–Crippen MR) is 108 cm³/mol. The molecule has 0 saturated heterocycles. The summed E-state index contributed by atoms with van der Waals surface area (Å²) in [6.07, 6.45) is 1.79. The minimum absolute atomic E-state index is 0.156. The topological polar surface area (TPSA) is 43.2 Å². The Kier molecular flexibility index (Phi) is 4.97. The van der Waals surface area contributed by atoms with Crippen LogP contribution in [0.5, 0.6) is 0 Å². The Morgan fingerprint density at radius 3 is 1.56 bits per heavy atom. The van der Waals surface area contributed by atoms with Gasteiger partial charge in [0, 0.05) is 0 Å². The average molecular weight is 362 g/mol. The quantitative estimate of drug-likeness (QED) is 0.777. The molecule has 0 bridgehead atoms. The highest BCUT2D eigenvalue weighted by atomic mass is 16.5. The first-order valence-corrected chi connectivity index (χ1v) is 9.61. The summed E-state index contributed by atoms with van der Waals surface area (Å²) >= 11 is 0. The van der Waals surface area contributed by atoms with Crippen molar-refractivity contribution in [1.82, 2.24) is 0 Å². The summed E-state index contributed by atoms with van der Waals surface area (Å²) in [5.74, 6) is 1.48. The molecule has 0 aliphatic carbocycles. The number of rotatable bonds is 6. The van der Waals surface area contributed by atoms with Gasteiger partial charge in [-0.05, 0) is 37.8 Å². The number of benzene rings is 2. The molecule has 140 valence electrons. The van der Waals surface area contributed by atoms with Crippen LogP contribution in [0.3, 0.4) is 0 Å². The van der Waals surface area contributed by atoms with Crippen molar-refractivity contribution < 1.29 is 9.47 Å². The number of aliphatic imine (C=N–C) groups is 2. The first-order chi connectivity index (χ1) is 13.1. The Hall–Kier alpha value is -2.62. The van der Waals surface area contributed by atoms with E-state index in [0.29, 0.717) is 13.2 Å². The molecule has 0 aromatic heterocycles. The first kappa shape index (κ1) is 17.8. The molecule has 0 amide bonds. The Bertz CT molecular complexity index is 758. The zero-order valence-corrected chi connectivity index (χ0v) is 16.0. The molecule has 0 N–H and O–H groups in total. The van der Waals surface area contributed by atoms with Crippen LogP contribution < -0.4 is 0 Å². The molecule has 2 aliphatic rings. The van der Waals surface area contributed by atoms with Crippen molar-refractivity contribution in [2.45, 2.75) is 38.8 Å². The van der Waals surface area contributed by atoms with Crippen LogP contribution in [0, 0.1) is 5.41 Å². The van der Waals surface area contributed by atoms with Crippen molar-refractivity contribution in [3.8, 4) is 0 Å². The summed E-state index contributed by atoms with van der Waals surface area (Å²) in [5.41, 5.74) is 2.13. The van der Waals surface area contributed by atoms with Crippen molar-refractivity contribution in [3.63, 3.8) is 0 Å². The maximum absolute atomic E-state index is 5.96. The summed E-state index contributed by atoms with van der Waals surface area (Å²) in [4.78, 5) is 9.68. The van der Waals surface area contributed by atoms with Gasteiger partial charge in [-0.25, -0.2) is 9.98 Å². The maximum atomic E-state index is 5.96. The molecule has 0 spiro atoms. The fourth-order valence-electron chi connectivity index (χ4n) is 3.59. The van der Waals surface area contributed by atoms with Gasteiger partial charge in [-0.3, -0.25) is 0 Å². The second kappa shape index (κ2) is 7.55. The van der Waals surface area contributed by atoms with Gasteiger partial charge in [-0.1, -0.05) is 60.7 Å². The molecule has 4 heteroatoms. The molecule has 2 atom stereocenters. The van der Waals surface area contributed by atoms with Crippen LogP contribution in [0.15, 0.2) is 70.6 Å². The lowest BCUT2D eigenvalue weighted by molar-refractivity contribution is 0.263. The molecule has 0 saturated carbocycles. The van der Waals surface area contributed by atoms with E-state index in [1.165, 1.54) is 11.1 Å². The summed E-state index contributed by atoms with van der Waals surface area (Å²) in [7, 11) is 0. The fraction of sp³-hybridized carbons (Fsp3) is 0.391. The van der Waals surface area contributed by atoms with Crippen LogP contribution >= 0.6 is 0 Å². The molecule has 0 fully saturated rings. The van der Waals surface area contributed by atoms with E-state index in [0.717, 1.165) is 24.6 Å². The number of hydrogen-bond donors (Lipinski definition) is 0. The van der Waals surface area contributed by atoms with E-state index in [-0.39, 0.29) is 12.1 Å². The summed E-state index contributed by atoms with van der Waals surface area (Å²) in [6, 6.07) is 21.2. The second-order valence-corrected chi connectivity index (χ2v) is 7.80. The van der Waals surface area contributed by atoms with E-state index >= 15 is 0 Å². The van der Waals surface area contributed by atoms with E-state index in [1.807, 2.05) is 12.1 Å². The van der Waals surface area contributed by atoms with Gasteiger partial charge < -0.3 is 9.47 Å². The van der Waals surface area contributed by atoms with Crippen molar-refractivity contribution in [1.29, 1.82) is 0 Å². The Labute approximate surface area is 161 Å². The second-order valence-electron chi connectivity index (χ2n) is 7.80. The monoisotopic (exact) mass is 362 g/mol. The summed E-state index contributed by atoms with van der Waals surface area (Å²) in [5, 5.41) is 0. The minimum atomic E-state index is -0.434. The van der Waals surface area contributed by atoms with Gasteiger partial charge in [0.1, 0.15) is 18.6 Å². The predicted octanol–water partition coefficient (Wildman–Crippen LogP) is 4.09. The van der Waals surface area contributed by atoms with Gasteiger partial charge >= 0.3 is 0 Å². The highest BCUT2D eigenvalue weighted by molar-refractivity contribution is 6.05. The Morgan fingerprint density at radius 2 is 1.15 bits per heavy atom. The Balaban J connectivity index is 1.43. The third-order valence-electron chi connectivity index (χ3n) is 5.12.